The summed E-state index contributed by atoms with van der Waals surface area (Å²) < 4.78 is 11.2. The van der Waals surface area contributed by atoms with Crippen molar-refractivity contribution in [3.8, 4) is 11.5 Å². The molecule has 2 aliphatic rings. The van der Waals surface area contributed by atoms with Crippen LogP contribution in [-0.2, 0) is 11.3 Å². The first-order valence-electron chi connectivity index (χ1n) is 9.23. The number of carbonyl (C=O) groups excluding carboxylic acids is 2. The van der Waals surface area contributed by atoms with Crippen LogP contribution in [0.3, 0.4) is 0 Å². The molecule has 0 unspecified atom stereocenters. The molecule has 0 bridgehead atoms. The maximum absolute atomic E-state index is 12.6. The molecule has 0 radical (unpaired) electrons. The number of ether oxygens (including phenoxy) is 2. The standard InChI is InChI=1S/C21H22N2O4/c1-2-8-22(13-15-6-4-3-5-7-15)14-23-17-12-19-18(26-9-10-27-19)11-16(17)20(24)21(23)25/h3-7,11-12H,2,8-10,13-14H2,1H3. The first-order valence-corrected chi connectivity index (χ1v) is 9.23. The summed E-state index contributed by atoms with van der Waals surface area (Å²) in [5, 5.41) is 0. The Morgan fingerprint density at radius 1 is 1.04 bits per heavy atom. The Morgan fingerprint density at radius 2 is 1.74 bits per heavy atom. The molecule has 0 spiro atoms. The SMILES string of the molecule is CCCN(Cc1ccccc1)CN1C(=O)C(=O)c2cc3c(cc21)OCCO3. The molecule has 6 nitrogen and oxygen atoms in total. The Hall–Kier alpha value is -2.86. The van der Waals surface area contributed by atoms with E-state index in [1.165, 1.54) is 5.56 Å². The molecule has 0 aromatic heterocycles. The molecule has 6 heteroatoms. The quantitative estimate of drug-likeness (QED) is 0.736. The Bertz CT molecular complexity index is 866. The van der Waals surface area contributed by atoms with Gasteiger partial charge >= 0.3 is 5.91 Å². The molecule has 0 atom stereocenters. The minimum atomic E-state index is -0.499. The highest BCUT2D eigenvalue weighted by Crippen LogP contribution is 2.40. The van der Waals surface area contributed by atoms with Crippen LogP contribution in [0.25, 0.3) is 0 Å². The Morgan fingerprint density at radius 3 is 2.44 bits per heavy atom. The smallest absolute Gasteiger partial charge is 0.300 e. The molecule has 2 heterocycles. The van der Waals surface area contributed by atoms with Gasteiger partial charge in [-0.1, -0.05) is 37.3 Å². The van der Waals surface area contributed by atoms with Crippen LogP contribution in [0.15, 0.2) is 42.5 Å². The molecule has 0 fully saturated rings. The predicted octanol–water partition coefficient (Wildman–Crippen LogP) is 2.86. The summed E-state index contributed by atoms with van der Waals surface area (Å²) in [6.45, 7) is 4.91. The van der Waals surface area contributed by atoms with E-state index in [-0.39, 0.29) is 0 Å². The highest BCUT2D eigenvalue weighted by molar-refractivity contribution is 6.52. The van der Waals surface area contributed by atoms with Crippen LogP contribution in [-0.4, -0.2) is 43.0 Å². The lowest BCUT2D eigenvalue weighted by Gasteiger charge is -2.28. The van der Waals surface area contributed by atoms with Crippen LogP contribution in [0.1, 0.15) is 29.3 Å². The molecule has 0 N–H and O–H groups in total. The van der Waals surface area contributed by atoms with Crippen LogP contribution < -0.4 is 14.4 Å². The summed E-state index contributed by atoms with van der Waals surface area (Å²) in [5.41, 5.74) is 2.16. The van der Waals surface area contributed by atoms with Crippen molar-refractivity contribution in [2.45, 2.75) is 19.9 Å². The van der Waals surface area contributed by atoms with E-state index in [1.807, 2.05) is 18.2 Å². The number of anilines is 1. The van der Waals surface area contributed by atoms with Gasteiger partial charge in [0.15, 0.2) is 11.5 Å². The van der Waals surface area contributed by atoms with E-state index in [2.05, 4.69) is 24.0 Å². The van der Waals surface area contributed by atoms with Gasteiger partial charge in [-0.2, -0.15) is 0 Å². The molecule has 2 aromatic carbocycles. The van der Waals surface area contributed by atoms with Crippen LogP contribution >= 0.6 is 0 Å². The zero-order valence-corrected chi connectivity index (χ0v) is 15.3. The fourth-order valence-electron chi connectivity index (χ4n) is 3.53. The number of benzene rings is 2. The van der Waals surface area contributed by atoms with Crippen LogP contribution in [0.5, 0.6) is 11.5 Å². The van der Waals surface area contributed by atoms with E-state index < -0.39 is 11.7 Å². The second-order valence-electron chi connectivity index (χ2n) is 6.75. The molecule has 0 saturated carbocycles. The van der Waals surface area contributed by atoms with Crippen molar-refractivity contribution >= 4 is 17.4 Å². The molecule has 1 amide bonds. The van der Waals surface area contributed by atoms with Gasteiger partial charge < -0.3 is 9.47 Å². The summed E-state index contributed by atoms with van der Waals surface area (Å²) >= 11 is 0. The Labute approximate surface area is 158 Å². The number of amides is 1. The van der Waals surface area contributed by atoms with E-state index in [9.17, 15) is 9.59 Å². The van der Waals surface area contributed by atoms with E-state index in [4.69, 9.17) is 9.47 Å². The average molecular weight is 366 g/mol. The monoisotopic (exact) mass is 366 g/mol. The minimum Gasteiger partial charge on any atom is -0.486 e. The largest absolute Gasteiger partial charge is 0.486 e. The number of carbonyl (C=O) groups is 2. The van der Waals surface area contributed by atoms with E-state index >= 15 is 0 Å². The predicted molar refractivity (Wildman–Crippen MR) is 101 cm³/mol. The van der Waals surface area contributed by atoms with Gasteiger partial charge in [-0.25, -0.2) is 0 Å². The van der Waals surface area contributed by atoms with Crippen LogP contribution in [0.4, 0.5) is 5.69 Å². The van der Waals surface area contributed by atoms with E-state index in [1.54, 1.807) is 17.0 Å². The fraction of sp³-hybridized carbons (Fsp3) is 0.333. The normalized spacial score (nSPS) is 15.4. The zero-order valence-electron chi connectivity index (χ0n) is 15.3. The van der Waals surface area contributed by atoms with Crippen molar-refractivity contribution in [1.29, 1.82) is 0 Å². The molecule has 2 aliphatic heterocycles. The van der Waals surface area contributed by atoms with Crippen LogP contribution in [0.2, 0.25) is 0 Å². The average Bonchev–Trinajstić information content (AvgIpc) is 2.92. The van der Waals surface area contributed by atoms with Gasteiger partial charge in [0.05, 0.1) is 17.9 Å². The van der Waals surface area contributed by atoms with Crippen molar-refractivity contribution in [3.63, 3.8) is 0 Å². The highest BCUT2D eigenvalue weighted by atomic mass is 16.6. The van der Waals surface area contributed by atoms with Gasteiger partial charge in [0, 0.05) is 12.6 Å². The molecular weight excluding hydrogens is 344 g/mol. The number of nitrogens with zero attached hydrogens (tertiary/aromatic N) is 2. The second kappa shape index (κ2) is 7.40. The van der Waals surface area contributed by atoms with Crippen molar-refractivity contribution in [2.24, 2.45) is 0 Å². The molecule has 0 aliphatic carbocycles. The van der Waals surface area contributed by atoms with Gasteiger partial charge in [0.2, 0.25) is 0 Å². The third-order valence-electron chi connectivity index (χ3n) is 4.77. The van der Waals surface area contributed by atoms with Gasteiger partial charge in [0.25, 0.3) is 5.78 Å². The molecular formula is C21H22N2O4. The van der Waals surface area contributed by atoms with Crippen molar-refractivity contribution < 1.29 is 19.1 Å². The third kappa shape index (κ3) is 3.40. The number of Topliss-reactive ketones (excluding diaryl/α,β-unsaturated/α-hetero) is 1. The highest BCUT2D eigenvalue weighted by Gasteiger charge is 2.38. The van der Waals surface area contributed by atoms with Gasteiger partial charge in [-0.3, -0.25) is 19.4 Å². The maximum atomic E-state index is 12.6. The van der Waals surface area contributed by atoms with Crippen molar-refractivity contribution in [3.05, 3.63) is 53.6 Å². The molecule has 0 saturated heterocycles. The molecule has 2 aromatic rings. The van der Waals surface area contributed by atoms with E-state index in [0.717, 1.165) is 13.0 Å². The topological polar surface area (TPSA) is 59.1 Å². The number of rotatable bonds is 6. The number of hydrogen-bond acceptors (Lipinski definition) is 5. The molecule has 140 valence electrons. The third-order valence-corrected chi connectivity index (χ3v) is 4.77. The fourth-order valence-corrected chi connectivity index (χ4v) is 3.53. The lowest BCUT2D eigenvalue weighted by Crippen LogP contribution is -2.41. The van der Waals surface area contributed by atoms with Crippen LogP contribution in [0, 0.1) is 0 Å². The minimum absolute atomic E-state index is 0.361. The van der Waals surface area contributed by atoms with Crippen molar-refractivity contribution in [2.75, 3.05) is 31.3 Å². The molecule has 27 heavy (non-hydrogen) atoms. The second-order valence-corrected chi connectivity index (χ2v) is 6.75. The first-order chi connectivity index (χ1) is 13.2. The summed E-state index contributed by atoms with van der Waals surface area (Å²) in [7, 11) is 0. The number of ketones is 1. The summed E-state index contributed by atoms with van der Waals surface area (Å²) in [4.78, 5) is 28.8. The molecule has 4 rings (SSSR count). The Balaban J connectivity index is 1.61. The first kappa shape index (κ1) is 17.5. The summed E-state index contributed by atoms with van der Waals surface area (Å²) in [6.07, 6.45) is 0.955. The lowest BCUT2D eigenvalue weighted by molar-refractivity contribution is -0.114. The number of fused-ring (bicyclic) bond motifs is 2. The van der Waals surface area contributed by atoms with Gasteiger partial charge in [-0.05, 0) is 24.6 Å². The van der Waals surface area contributed by atoms with Gasteiger partial charge in [0.1, 0.15) is 13.2 Å². The summed E-state index contributed by atoms with van der Waals surface area (Å²) in [5.74, 6) is 0.120. The van der Waals surface area contributed by atoms with E-state index in [0.29, 0.717) is 49.2 Å². The van der Waals surface area contributed by atoms with Gasteiger partial charge in [-0.15, -0.1) is 0 Å². The van der Waals surface area contributed by atoms with Crippen molar-refractivity contribution in [1.82, 2.24) is 4.90 Å². The summed E-state index contributed by atoms with van der Waals surface area (Å²) in [6, 6.07) is 13.5. The zero-order chi connectivity index (χ0) is 18.8. The lowest BCUT2D eigenvalue weighted by atomic mass is 10.1. The number of hydrogen-bond donors (Lipinski definition) is 0. The maximum Gasteiger partial charge on any atom is 0.300 e. The Kier molecular flexibility index (Phi) is 4.81.